The summed E-state index contributed by atoms with van der Waals surface area (Å²) in [6, 6.07) is 10.4. The number of nitro groups is 1. The first-order chi connectivity index (χ1) is 13.3. The van der Waals surface area contributed by atoms with Crippen LogP contribution in [0.3, 0.4) is 0 Å². The number of rotatable bonds is 5. The largest absolute Gasteiger partial charge is 0.338 e. The van der Waals surface area contributed by atoms with Crippen LogP contribution in [-0.4, -0.2) is 30.7 Å². The van der Waals surface area contributed by atoms with Crippen LogP contribution in [-0.2, 0) is 27.8 Å². The fourth-order valence-corrected chi connectivity index (χ4v) is 4.67. The molecule has 28 heavy (non-hydrogen) atoms. The highest BCUT2D eigenvalue weighted by atomic mass is 32.2. The van der Waals surface area contributed by atoms with E-state index in [-0.39, 0.29) is 16.7 Å². The van der Waals surface area contributed by atoms with Crippen molar-refractivity contribution >= 4 is 27.3 Å². The zero-order valence-corrected chi connectivity index (χ0v) is 15.8. The lowest BCUT2D eigenvalue weighted by Crippen LogP contribution is -2.36. The minimum Gasteiger partial charge on any atom is -0.338 e. The van der Waals surface area contributed by atoms with Gasteiger partial charge in [-0.05, 0) is 48.6 Å². The normalized spacial score (nSPS) is 16.4. The van der Waals surface area contributed by atoms with Crippen LogP contribution >= 0.6 is 0 Å². The lowest BCUT2D eigenvalue weighted by Gasteiger charge is -2.29. The number of para-hydroxylation sites is 1. The molecule has 0 bridgehead atoms. The fourth-order valence-electron chi connectivity index (χ4n) is 3.44. The van der Waals surface area contributed by atoms with Crippen molar-refractivity contribution in [2.45, 2.75) is 30.7 Å². The lowest BCUT2D eigenvalue weighted by molar-refractivity contribution is -0.387. The number of fused-ring (bicyclic) bond motifs is 1. The number of hydrogen-bond donors (Lipinski definition) is 1. The van der Waals surface area contributed by atoms with Gasteiger partial charge in [0, 0.05) is 30.8 Å². The molecule has 146 valence electrons. The average molecular weight is 401 g/mol. The van der Waals surface area contributed by atoms with Crippen molar-refractivity contribution in [2.75, 3.05) is 11.3 Å². The van der Waals surface area contributed by atoms with E-state index in [2.05, 4.69) is 4.72 Å². The molecule has 1 N–H and O–H groups in total. The van der Waals surface area contributed by atoms with E-state index in [0.717, 1.165) is 36.5 Å². The maximum Gasteiger partial charge on any atom is 0.289 e. The Morgan fingerprint density at radius 3 is 2.61 bits per heavy atom. The molecule has 1 heterocycles. The van der Waals surface area contributed by atoms with Crippen molar-refractivity contribution in [3.05, 3.63) is 63.7 Å². The van der Waals surface area contributed by atoms with Crippen molar-refractivity contribution < 1.29 is 18.1 Å². The molecule has 1 fully saturated rings. The molecule has 2 aliphatic rings. The zero-order chi connectivity index (χ0) is 19.9. The number of amides is 1. The Morgan fingerprint density at radius 2 is 1.89 bits per heavy atom. The van der Waals surface area contributed by atoms with E-state index in [1.54, 1.807) is 12.1 Å². The Balaban J connectivity index is 1.59. The van der Waals surface area contributed by atoms with Crippen LogP contribution in [0.4, 0.5) is 11.4 Å². The third-order valence-electron chi connectivity index (χ3n) is 5.06. The maximum absolute atomic E-state index is 12.7. The van der Waals surface area contributed by atoms with Crippen molar-refractivity contribution in [2.24, 2.45) is 5.92 Å². The minimum absolute atomic E-state index is 0.141. The maximum atomic E-state index is 12.7. The van der Waals surface area contributed by atoms with Gasteiger partial charge in [-0.15, -0.1) is 0 Å². The fraction of sp³-hybridized carbons (Fsp3) is 0.316. The number of nitrogens with zero attached hydrogens (tertiary/aromatic N) is 2. The van der Waals surface area contributed by atoms with Gasteiger partial charge in [-0.25, -0.2) is 8.42 Å². The molecule has 0 unspecified atom stereocenters. The van der Waals surface area contributed by atoms with E-state index in [4.69, 9.17) is 0 Å². The van der Waals surface area contributed by atoms with Crippen LogP contribution in [0.15, 0.2) is 47.4 Å². The predicted molar refractivity (Wildman–Crippen MR) is 102 cm³/mol. The minimum atomic E-state index is -4.12. The van der Waals surface area contributed by atoms with Gasteiger partial charge in [0.2, 0.25) is 5.91 Å². The molecule has 0 spiro atoms. The average Bonchev–Trinajstić information content (AvgIpc) is 3.52. The molecule has 2 aromatic rings. The summed E-state index contributed by atoms with van der Waals surface area (Å²) in [5, 5.41) is 11.1. The van der Waals surface area contributed by atoms with Gasteiger partial charge < -0.3 is 4.90 Å². The molecule has 2 aromatic carbocycles. The summed E-state index contributed by atoms with van der Waals surface area (Å²) in [6.07, 6.45) is 2.61. The Kier molecular flexibility index (Phi) is 4.54. The zero-order valence-electron chi connectivity index (χ0n) is 15.0. The SMILES string of the molecule is O=C(C1CC1)N1CCc2ccc(NS(=O)(=O)c3ccccc3[N+](=O)[O-])cc2C1. The number of hydrogen-bond acceptors (Lipinski definition) is 5. The molecule has 8 nitrogen and oxygen atoms in total. The van der Waals surface area contributed by atoms with Gasteiger partial charge in [0.15, 0.2) is 4.90 Å². The van der Waals surface area contributed by atoms with Gasteiger partial charge in [0.1, 0.15) is 0 Å². The molecule has 4 rings (SSSR count). The summed E-state index contributed by atoms with van der Waals surface area (Å²) in [5.74, 6) is 0.304. The summed E-state index contributed by atoms with van der Waals surface area (Å²) in [7, 11) is -4.12. The summed E-state index contributed by atoms with van der Waals surface area (Å²) in [6.45, 7) is 1.12. The second kappa shape index (κ2) is 6.90. The summed E-state index contributed by atoms with van der Waals surface area (Å²) in [5.41, 5.74) is 1.81. The highest BCUT2D eigenvalue weighted by Crippen LogP contribution is 2.33. The smallest absolute Gasteiger partial charge is 0.289 e. The number of carbonyl (C=O) groups excluding carboxylic acids is 1. The van der Waals surface area contributed by atoms with Gasteiger partial charge in [0.25, 0.3) is 15.7 Å². The van der Waals surface area contributed by atoms with Gasteiger partial charge in [-0.3, -0.25) is 19.6 Å². The molecule has 0 aromatic heterocycles. The highest BCUT2D eigenvalue weighted by Gasteiger charge is 2.34. The number of carbonyl (C=O) groups is 1. The summed E-state index contributed by atoms with van der Waals surface area (Å²) < 4.78 is 27.8. The quantitative estimate of drug-likeness (QED) is 0.612. The molecule has 0 radical (unpaired) electrons. The molecule has 9 heteroatoms. The van der Waals surface area contributed by atoms with Crippen molar-refractivity contribution in [1.82, 2.24) is 4.90 Å². The van der Waals surface area contributed by atoms with E-state index in [1.807, 2.05) is 11.0 Å². The molecule has 1 saturated carbocycles. The molecular weight excluding hydrogens is 382 g/mol. The first-order valence-corrected chi connectivity index (χ1v) is 10.5. The number of sulfonamides is 1. The van der Waals surface area contributed by atoms with Crippen LogP contribution in [0.2, 0.25) is 0 Å². The molecule has 0 saturated heterocycles. The van der Waals surface area contributed by atoms with Gasteiger partial charge in [-0.1, -0.05) is 18.2 Å². The van der Waals surface area contributed by atoms with E-state index in [9.17, 15) is 23.3 Å². The molecular formula is C19H19N3O5S. The van der Waals surface area contributed by atoms with E-state index < -0.39 is 20.6 Å². The third-order valence-corrected chi connectivity index (χ3v) is 6.49. The standard InChI is InChI=1S/C19H19N3O5S/c23-19(14-5-6-14)21-10-9-13-7-8-16(11-15(13)12-21)20-28(26,27)18-4-2-1-3-17(18)22(24)25/h1-4,7-8,11,14,20H,5-6,9-10,12H2. The Hall–Kier alpha value is -2.94. The third kappa shape index (κ3) is 3.57. The number of nitro benzene ring substituents is 1. The van der Waals surface area contributed by atoms with Crippen molar-refractivity contribution in [3.8, 4) is 0 Å². The molecule has 0 atom stereocenters. The van der Waals surface area contributed by atoms with Gasteiger partial charge >= 0.3 is 0 Å². The summed E-state index contributed by atoms with van der Waals surface area (Å²) >= 11 is 0. The van der Waals surface area contributed by atoms with Crippen LogP contribution < -0.4 is 4.72 Å². The van der Waals surface area contributed by atoms with Gasteiger partial charge in [-0.2, -0.15) is 0 Å². The second-order valence-electron chi connectivity index (χ2n) is 7.10. The Morgan fingerprint density at radius 1 is 1.14 bits per heavy atom. The van der Waals surface area contributed by atoms with Crippen LogP contribution in [0.1, 0.15) is 24.0 Å². The molecule has 1 amide bonds. The first kappa shape index (κ1) is 18.4. The predicted octanol–water partition coefficient (Wildman–Crippen LogP) is 2.69. The van der Waals surface area contributed by atoms with E-state index >= 15 is 0 Å². The monoisotopic (exact) mass is 401 g/mol. The van der Waals surface area contributed by atoms with E-state index in [0.29, 0.717) is 18.8 Å². The second-order valence-corrected chi connectivity index (χ2v) is 8.75. The molecule has 1 aliphatic heterocycles. The van der Waals surface area contributed by atoms with Crippen LogP contribution in [0.5, 0.6) is 0 Å². The number of benzene rings is 2. The highest BCUT2D eigenvalue weighted by molar-refractivity contribution is 7.92. The van der Waals surface area contributed by atoms with Crippen molar-refractivity contribution in [3.63, 3.8) is 0 Å². The van der Waals surface area contributed by atoms with E-state index in [1.165, 1.54) is 18.2 Å². The first-order valence-electron chi connectivity index (χ1n) is 9.02. The summed E-state index contributed by atoms with van der Waals surface area (Å²) in [4.78, 5) is 24.2. The lowest BCUT2D eigenvalue weighted by atomic mass is 9.99. The molecule has 1 aliphatic carbocycles. The van der Waals surface area contributed by atoms with Crippen molar-refractivity contribution in [1.29, 1.82) is 0 Å². The van der Waals surface area contributed by atoms with Gasteiger partial charge in [0.05, 0.1) is 4.92 Å². The topological polar surface area (TPSA) is 110 Å². The Bertz CT molecular complexity index is 1060. The number of anilines is 1. The Labute approximate surface area is 162 Å². The van der Waals surface area contributed by atoms with Crippen LogP contribution in [0, 0.1) is 16.0 Å². The number of nitrogens with one attached hydrogen (secondary N) is 1. The van der Waals surface area contributed by atoms with Crippen LogP contribution in [0.25, 0.3) is 0 Å².